The molecular weight excluding hydrogens is 254 g/mol. The highest BCUT2D eigenvalue weighted by Crippen LogP contribution is 2.38. The Bertz CT molecular complexity index is 566. The third-order valence-corrected chi connectivity index (χ3v) is 3.69. The SMILES string of the molecule is CCOC(O)c1sc2ccnc(OC)c2c1C=O. The number of nitrogens with zero attached hydrogens (tertiary/aromatic N) is 1. The van der Waals surface area contributed by atoms with Gasteiger partial charge in [0.2, 0.25) is 5.88 Å². The first-order chi connectivity index (χ1) is 8.72. The predicted octanol–water partition coefficient (Wildman–Crippen LogP) is 2.14. The molecule has 5 nitrogen and oxygen atoms in total. The van der Waals surface area contributed by atoms with Gasteiger partial charge in [0.05, 0.1) is 17.4 Å². The van der Waals surface area contributed by atoms with Gasteiger partial charge in [-0.15, -0.1) is 11.3 Å². The number of aliphatic hydroxyl groups is 1. The average molecular weight is 267 g/mol. The number of fused-ring (bicyclic) bond motifs is 1. The summed E-state index contributed by atoms with van der Waals surface area (Å²) in [7, 11) is 1.49. The standard InChI is InChI=1S/C12H13NO4S/c1-3-17-12(15)10-7(6-14)9-8(18-10)4-5-13-11(9)16-2/h4-6,12,15H,3H2,1-2H3. The van der Waals surface area contributed by atoms with Gasteiger partial charge in [-0.1, -0.05) is 0 Å². The van der Waals surface area contributed by atoms with Crippen molar-refractivity contribution in [2.24, 2.45) is 0 Å². The lowest BCUT2D eigenvalue weighted by atomic mass is 10.2. The molecule has 0 aromatic carbocycles. The van der Waals surface area contributed by atoms with Crippen molar-refractivity contribution in [2.45, 2.75) is 13.2 Å². The minimum Gasteiger partial charge on any atom is -0.481 e. The van der Waals surface area contributed by atoms with E-state index in [0.717, 1.165) is 4.70 Å². The zero-order chi connectivity index (χ0) is 13.1. The van der Waals surface area contributed by atoms with E-state index in [2.05, 4.69) is 4.98 Å². The maximum atomic E-state index is 11.2. The Morgan fingerprint density at radius 2 is 2.39 bits per heavy atom. The van der Waals surface area contributed by atoms with Crippen molar-refractivity contribution in [2.75, 3.05) is 13.7 Å². The van der Waals surface area contributed by atoms with Crippen LogP contribution >= 0.6 is 11.3 Å². The van der Waals surface area contributed by atoms with E-state index in [1.165, 1.54) is 18.4 Å². The van der Waals surface area contributed by atoms with E-state index in [0.29, 0.717) is 34.6 Å². The molecule has 6 heteroatoms. The Balaban J connectivity index is 2.65. The topological polar surface area (TPSA) is 68.7 Å². The lowest BCUT2D eigenvalue weighted by molar-refractivity contribution is -0.0956. The molecule has 0 aliphatic carbocycles. The Morgan fingerprint density at radius 3 is 3.00 bits per heavy atom. The first-order valence-electron chi connectivity index (χ1n) is 5.43. The molecule has 2 aromatic heterocycles. The normalized spacial score (nSPS) is 12.6. The molecule has 0 aliphatic heterocycles. The molecule has 1 unspecified atom stereocenters. The van der Waals surface area contributed by atoms with Gasteiger partial charge < -0.3 is 14.6 Å². The van der Waals surface area contributed by atoms with Crippen LogP contribution in [0.2, 0.25) is 0 Å². The monoisotopic (exact) mass is 267 g/mol. The summed E-state index contributed by atoms with van der Waals surface area (Å²) in [6.07, 6.45) is 1.20. The summed E-state index contributed by atoms with van der Waals surface area (Å²) in [5.74, 6) is 0.376. The molecule has 0 radical (unpaired) electrons. The van der Waals surface area contributed by atoms with Crippen LogP contribution in [0, 0.1) is 0 Å². The van der Waals surface area contributed by atoms with E-state index in [1.807, 2.05) is 0 Å². The molecule has 1 N–H and O–H groups in total. The summed E-state index contributed by atoms with van der Waals surface area (Å²) >= 11 is 1.30. The number of aldehydes is 1. The molecule has 0 saturated carbocycles. The number of rotatable bonds is 5. The van der Waals surface area contributed by atoms with Crippen molar-refractivity contribution in [1.82, 2.24) is 4.98 Å². The third kappa shape index (κ3) is 2.10. The fourth-order valence-electron chi connectivity index (χ4n) is 1.74. The molecule has 0 aliphatic rings. The second-order valence-electron chi connectivity index (χ2n) is 3.50. The molecule has 0 bridgehead atoms. The summed E-state index contributed by atoms with van der Waals surface area (Å²) in [5, 5.41) is 10.5. The largest absolute Gasteiger partial charge is 0.481 e. The maximum absolute atomic E-state index is 11.2. The summed E-state index contributed by atoms with van der Waals surface area (Å²) < 4.78 is 11.1. The van der Waals surface area contributed by atoms with Gasteiger partial charge in [-0.3, -0.25) is 4.79 Å². The van der Waals surface area contributed by atoms with Crippen molar-refractivity contribution >= 4 is 27.7 Å². The number of hydrogen-bond donors (Lipinski definition) is 1. The van der Waals surface area contributed by atoms with Crippen molar-refractivity contribution < 1.29 is 19.4 Å². The number of carbonyl (C=O) groups is 1. The van der Waals surface area contributed by atoms with Gasteiger partial charge in [-0.25, -0.2) is 4.98 Å². The molecule has 18 heavy (non-hydrogen) atoms. The van der Waals surface area contributed by atoms with Gasteiger partial charge >= 0.3 is 0 Å². The van der Waals surface area contributed by atoms with Gasteiger partial charge in [0.25, 0.3) is 0 Å². The number of ether oxygens (including phenoxy) is 2. The fraction of sp³-hybridized carbons (Fsp3) is 0.333. The lowest BCUT2D eigenvalue weighted by Gasteiger charge is -2.08. The van der Waals surface area contributed by atoms with Crippen LogP contribution in [0.5, 0.6) is 5.88 Å². The van der Waals surface area contributed by atoms with E-state index in [1.54, 1.807) is 19.2 Å². The van der Waals surface area contributed by atoms with Gasteiger partial charge in [0.15, 0.2) is 12.6 Å². The number of hydrogen-bond acceptors (Lipinski definition) is 6. The molecule has 96 valence electrons. The molecule has 0 amide bonds. The van der Waals surface area contributed by atoms with Crippen LogP contribution in [0.15, 0.2) is 12.3 Å². The molecular formula is C12H13NO4S. The Labute approximate surface area is 108 Å². The van der Waals surface area contributed by atoms with E-state index >= 15 is 0 Å². The smallest absolute Gasteiger partial charge is 0.222 e. The van der Waals surface area contributed by atoms with Crippen LogP contribution in [0.4, 0.5) is 0 Å². The predicted molar refractivity (Wildman–Crippen MR) is 68.1 cm³/mol. The van der Waals surface area contributed by atoms with E-state index in [4.69, 9.17) is 9.47 Å². The summed E-state index contributed by atoms with van der Waals surface area (Å²) in [5.41, 5.74) is 0.376. The first-order valence-corrected chi connectivity index (χ1v) is 6.24. The van der Waals surface area contributed by atoms with E-state index in [-0.39, 0.29) is 0 Å². The number of pyridine rings is 1. The fourth-order valence-corrected chi connectivity index (χ4v) is 2.84. The second-order valence-corrected chi connectivity index (χ2v) is 4.58. The summed E-state index contributed by atoms with van der Waals surface area (Å²) in [6, 6.07) is 1.78. The van der Waals surface area contributed by atoms with Gasteiger partial charge in [0.1, 0.15) is 0 Å². The minimum atomic E-state index is -1.10. The van der Waals surface area contributed by atoms with Crippen LogP contribution in [-0.4, -0.2) is 30.1 Å². The molecule has 0 fully saturated rings. The number of aliphatic hydroxyl groups excluding tert-OH is 1. The van der Waals surface area contributed by atoms with Gasteiger partial charge in [-0.05, 0) is 13.0 Å². The maximum Gasteiger partial charge on any atom is 0.222 e. The van der Waals surface area contributed by atoms with Crippen molar-refractivity contribution in [1.29, 1.82) is 0 Å². The van der Waals surface area contributed by atoms with Gasteiger partial charge in [0, 0.05) is 23.1 Å². The Morgan fingerprint density at radius 1 is 1.61 bits per heavy atom. The summed E-state index contributed by atoms with van der Waals surface area (Å²) in [6.45, 7) is 2.14. The number of methoxy groups -OCH3 is 1. The third-order valence-electron chi connectivity index (χ3n) is 2.49. The molecule has 2 heterocycles. The van der Waals surface area contributed by atoms with Crippen molar-refractivity contribution in [3.05, 3.63) is 22.7 Å². The zero-order valence-electron chi connectivity index (χ0n) is 10.0. The highest BCUT2D eigenvalue weighted by atomic mass is 32.1. The highest BCUT2D eigenvalue weighted by Gasteiger charge is 2.21. The molecule has 0 spiro atoms. The van der Waals surface area contributed by atoms with Crippen LogP contribution in [0.1, 0.15) is 28.4 Å². The van der Waals surface area contributed by atoms with Crippen LogP contribution in [0.25, 0.3) is 10.1 Å². The second kappa shape index (κ2) is 5.43. The molecule has 1 atom stereocenters. The Kier molecular flexibility index (Phi) is 3.90. The van der Waals surface area contributed by atoms with Crippen molar-refractivity contribution in [3.63, 3.8) is 0 Å². The van der Waals surface area contributed by atoms with Crippen LogP contribution in [0.3, 0.4) is 0 Å². The average Bonchev–Trinajstić information content (AvgIpc) is 2.77. The van der Waals surface area contributed by atoms with E-state index < -0.39 is 6.29 Å². The molecule has 2 aromatic rings. The molecule has 2 rings (SSSR count). The minimum absolute atomic E-state index is 0.364. The number of aromatic nitrogens is 1. The van der Waals surface area contributed by atoms with E-state index in [9.17, 15) is 9.90 Å². The Hall–Kier alpha value is -1.50. The van der Waals surface area contributed by atoms with Crippen LogP contribution < -0.4 is 4.74 Å². The van der Waals surface area contributed by atoms with Crippen molar-refractivity contribution in [3.8, 4) is 5.88 Å². The molecule has 0 saturated heterocycles. The quantitative estimate of drug-likeness (QED) is 0.664. The number of thiophene rings is 1. The first kappa shape index (κ1) is 12.9. The lowest BCUT2D eigenvalue weighted by Crippen LogP contribution is -2.03. The number of carbonyl (C=O) groups excluding carboxylic acids is 1. The zero-order valence-corrected chi connectivity index (χ0v) is 10.9. The summed E-state index contributed by atoms with van der Waals surface area (Å²) in [4.78, 5) is 15.8. The van der Waals surface area contributed by atoms with Crippen LogP contribution in [-0.2, 0) is 4.74 Å². The van der Waals surface area contributed by atoms with Gasteiger partial charge in [-0.2, -0.15) is 0 Å². The highest BCUT2D eigenvalue weighted by molar-refractivity contribution is 7.19.